The number of piperidine rings is 1. The van der Waals surface area contributed by atoms with Crippen LogP contribution in [-0.2, 0) is 0 Å². The summed E-state index contributed by atoms with van der Waals surface area (Å²) in [6, 6.07) is 19.3. The van der Waals surface area contributed by atoms with E-state index in [1.807, 2.05) is 60.0 Å². The summed E-state index contributed by atoms with van der Waals surface area (Å²) in [6.07, 6.45) is 2.25. The first-order valence-electron chi connectivity index (χ1n) is 11.0. The summed E-state index contributed by atoms with van der Waals surface area (Å²) >= 11 is 8.13. The minimum absolute atomic E-state index is 0.127. The second kappa shape index (κ2) is 9.10. The zero-order chi connectivity index (χ0) is 22.1. The molecule has 32 heavy (non-hydrogen) atoms. The number of halogens is 1. The molecular formula is C26H25ClN2O2S. The fraction of sp³-hybridized carbons (Fsp3) is 0.269. The van der Waals surface area contributed by atoms with Gasteiger partial charge in [-0.25, -0.2) is 0 Å². The Balaban J connectivity index is 1.65. The number of nitrogens with zero attached hydrogens (tertiary/aromatic N) is 1. The van der Waals surface area contributed by atoms with Crippen LogP contribution in [0.4, 0.5) is 5.69 Å². The molecule has 1 amide bonds. The highest BCUT2D eigenvalue weighted by Crippen LogP contribution is 2.43. The van der Waals surface area contributed by atoms with E-state index in [0.717, 1.165) is 53.9 Å². The van der Waals surface area contributed by atoms with Crippen LogP contribution in [0.25, 0.3) is 11.0 Å². The lowest BCUT2D eigenvalue weighted by molar-refractivity contribution is 0.102. The van der Waals surface area contributed by atoms with Gasteiger partial charge in [-0.15, -0.1) is 11.3 Å². The topological polar surface area (TPSA) is 45.5 Å². The fourth-order valence-corrected chi connectivity index (χ4v) is 5.31. The van der Waals surface area contributed by atoms with E-state index in [2.05, 4.69) is 23.2 Å². The first-order chi connectivity index (χ1) is 15.6. The van der Waals surface area contributed by atoms with Crippen LogP contribution in [0.2, 0.25) is 5.02 Å². The van der Waals surface area contributed by atoms with Crippen LogP contribution >= 0.6 is 22.9 Å². The Kier molecular flexibility index (Phi) is 6.05. The molecule has 6 heteroatoms. The number of carbonyl (C=O) groups is 1. The normalized spacial score (nSPS) is 16.3. The van der Waals surface area contributed by atoms with Crippen LogP contribution in [0, 0.1) is 5.92 Å². The second-order valence-electron chi connectivity index (χ2n) is 8.41. The van der Waals surface area contributed by atoms with Crippen LogP contribution in [0.15, 0.2) is 70.5 Å². The number of hydrogen-bond donors (Lipinski definition) is 1. The van der Waals surface area contributed by atoms with Gasteiger partial charge in [-0.3, -0.25) is 9.69 Å². The quantitative estimate of drug-likeness (QED) is 0.339. The highest BCUT2D eigenvalue weighted by Gasteiger charge is 2.33. The first kappa shape index (κ1) is 21.3. The number of rotatable bonds is 5. The van der Waals surface area contributed by atoms with Gasteiger partial charge in [0.25, 0.3) is 5.91 Å². The molecule has 3 heterocycles. The molecule has 0 spiro atoms. The van der Waals surface area contributed by atoms with Crippen molar-refractivity contribution in [2.24, 2.45) is 5.92 Å². The van der Waals surface area contributed by atoms with Crippen LogP contribution < -0.4 is 5.32 Å². The fourth-order valence-electron chi connectivity index (χ4n) is 4.46. The van der Waals surface area contributed by atoms with Crippen molar-refractivity contribution in [1.82, 2.24) is 4.90 Å². The van der Waals surface area contributed by atoms with Gasteiger partial charge in [-0.1, -0.05) is 54.9 Å². The number of nitrogens with one attached hydrogen (secondary N) is 1. The van der Waals surface area contributed by atoms with Crippen LogP contribution in [0.1, 0.15) is 46.8 Å². The maximum absolute atomic E-state index is 13.0. The minimum Gasteiger partial charge on any atom is -0.457 e. The highest BCUT2D eigenvalue weighted by molar-refractivity contribution is 7.12. The number of amides is 1. The van der Waals surface area contributed by atoms with Gasteiger partial charge in [0.05, 0.1) is 16.6 Å². The van der Waals surface area contributed by atoms with Gasteiger partial charge >= 0.3 is 0 Å². The van der Waals surface area contributed by atoms with Crippen molar-refractivity contribution in [3.8, 4) is 0 Å². The Morgan fingerprint density at radius 3 is 2.59 bits per heavy atom. The van der Waals surface area contributed by atoms with Crippen LogP contribution in [0.3, 0.4) is 0 Å². The summed E-state index contributed by atoms with van der Waals surface area (Å²) in [5, 5.41) is 6.67. The number of furan rings is 1. The zero-order valence-corrected chi connectivity index (χ0v) is 19.5. The molecule has 4 nitrogen and oxygen atoms in total. The smallest absolute Gasteiger partial charge is 0.265 e. The summed E-state index contributed by atoms with van der Waals surface area (Å²) in [4.78, 5) is 16.1. The molecule has 0 radical (unpaired) electrons. The van der Waals surface area contributed by atoms with Gasteiger partial charge in [-0.2, -0.15) is 0 Å². The third-order valence-electron chi connectivity index (χ3n) is 6.24. The van der Waals surface area contributed by atoms with E-state index < -0.39 is 0 Å². The molecule has 0 saturated carbocycles. The molecule has 1 fully saturated rings. The van der Waals surface area contributed by atoms with Gasteiger partial charge in [0.15, 0.2) is 5.76 Å². The minimum atomic E-state index is -0.178. The van der Waals surface area contributed by atoms with Crippen molar-refractivity contribution in [3.05, 3.63) is 87.3 Å². The molecule has 0 bridgehead atoms. The van der Waals surface area contributed by atoms with Crippen molar-refractivity contribution in [2.45, 2.75) is 25.8 Å². The maximum Gasteiger partial charge on any atom is 0.265 e. The Labute approximate surface area is 196 Å². The molecule has 5 rings (SSSR count). The third-order valence-corrected chi connectivity index (χ3v) is 7.45. The van der Waals surface area contributed by atoms with E-state index in [0.29, 0.717) is 15.8 Å². The molecule has 1 aliphatic rings. The SMILES string of the molecule is CC1CCN([C@@H](c2ccccc2Cl)c2oc3ccccc3c2NC(=O)c2cccs2)CC1. The Hall–Kier alpha value is -2.60. The Morgan fingerprint density at radius 2 is 1.84 bits per heavy atom. The summed E-state index contributed by atoms with van der Waals surface area (Å²) in [5.74, 6) is 1.31. The standard InChI is InChI=1S/C26H25ClN2O2S/c1-17-12-14-29(15-13-17)24(18-7-2-4-9-20(18)27)25-23(19-8-3-5-10-21(19)31-25)28-26(30)22-11-6-16-32-22/h2-11,16-17,24H,12-15H2,1H3,(H,28,30)/t24-/m0/s1. The van der Waals surface area contributed by atoms with Gasteiger partial charge < -0.3 is 9.73 Å². The second-order valence-corrected chi connectivity index (χ2v) is 9.77. The van der Waals surface area contributed by atoms with Crippen molar-refractivity contribution < 1.29 is 9.21 Å². The van der Waals surface area contributed by atoms with E-state index >= 15 is 0 Å². The monoisotopic (exact) mass is 464 g/mol. The van der Waals surface area contributed by atoms with Gasteiger partial charge in [0, 0.05) is 10.4 Å². The molecule has 1 N–H and O–H groups in total. The molecule has 1 atom stereocenters. The molecule has 2 aromatic heterocycles. The van der Waals surface area contributed by atoms with Gasteiger partial charge in [0.2, 0.25) is 0 Å². The molecule has 164 valence electrons. The van der Waals surface area contributed by atoms with Crippen LogP contribution in [0.5, 0.6) is 0 Å². The number of benzene rings is 2. The summed E-state index contributed by atoms with van der Waals surface area (Å²) in [6.45, 7) is 4.20. The molecule has 1 aliphatic heterocycles. The van der Waals surface area contributed by atoms with Crippen molar-refractivity contribution in [2.75, 3.05) is 18.4 Å². The number of carbonyl (C=O) groups excluding carboxylic acids is 1. The summed E-state index contributed by atoms with van der Waals surface area (Å²) in [7, 11) is 0. The lowest BCUT2D eigenvalue weighted by atomic mass is 9.94. The number of hydrogen-bond acceptors (Lipinski definition) is 4. The number of fused-ring (bicyclic) bond motifs is 1. The van der Waals surface area contributed by atoms with E-state index in [4.69, 9.17) is 16.0 Å². The number of likely N-dealkylation sites (tertiary alicyclic amines) is 1. The van der Waals surface area contributed by atoms with E-state index in [9.17, 15) is 4.79 Å². The highest BCUT2D eigenvalue weighted by atomic mass is 35.5. The predicted molar refractivity (Wildman–Crippen MR) is 132 cm³/mol. The molecular weight excluding hydrogens is 440 g/mol. The number of thiophene rings is 1. The Bertz CT molecular complexity index is 1230. The number of anilines is 1. The lowest BCUT2D eigenvalue weighted by Crippen LogP contribution is -2.37. The molecule has 4 aromatic rings. The van der Waals surface area contributed by atoms with Gasteiger partial charge in [0.1, 0.15) is 5.58 Å². The molecule has 0 aliphatic carbocycles. The molecule has 1 saturated heterocycles. The van der Waals surface area contributed by atoms with E-state index in [1.54, 1.807) is 0 Å². The third kappa shape index (κ3) is 4.08. The van der Waals surface area contributed by atoms with Crippen molar-refractivity contribution in [1.29, 1.82) is 0 Å². The van der Waals surface area contributed by atoms with Gasteiger partial charge in [-0.05, 0) is 67.1 Å². The van der Waals surface area contributed by atoms with Crippen molar-refractivity contribution in [3.63, 3.8) is 0 Å². The Morgan fingerprint density at radius 1 is 1.09 bits per heavy atom. The lowest BCUT2D eigenvalue weighted by Gasteiger charge is -2.36. The first-order valence-corrected chi connectivity index (χ1v) is 12.2. The zero-order valence-electron chi connectivity index (χ0n) is 17.9. The maximum atomic E-state index is 13.0. The van der Waals surface area contributed by atoms with E-state index in [-0.39, 0.29) is 11.9 Å². The summed E-state index contributed by atoms with van der Waals surface area (Å²) in [5.41, 5.74) is 2.48. The average molecular weight is 465 g/mol. The number of para-hydroxylation sites is 1. The predicted octanol–water partition coefficient (Wildman–Crippen LogP) is 7.22. The molecule has 0 unspecified atom stereocenters. The average Bonchev–Trinajstić information content (AvgIpc) is 3.46. The van der Waals surface area contributed by atoms with Crippen LogP contribution in [-0.4, -0.2) is 23.9 Å². The van der Waals surface area contributed by atoms with Crippen molar-refractivity contribution >= 4 is 45.5 Å². The largest absolute Gasteiger partial charge is 0.457 e. The molecule has 2 aromatic carbocycles. The van der Waals surface area contributed by atoms with E-state index in [1.165, 1.54) is 11.3 Å². The summed E-state index contributed by atoms with van der Waals surface area (Å²) < 4.78 is 6.46.